The number of amides is 1. The van der Waals surface area contributed by atoms with Crippen LogP contribution in [0.2, 0.25) is 0 Å². The van der Waals surface area contributed by atoms with Crippen molar-refractivity contribution in [1.29, 1.82) is 0 Å². The van der Waals surface area contributed by atoms with Crippen LogP contribution >= 0.6 is 0 Å². The molecule has 1 unspecified atom stereocenters. The number of nitrogens with zero attached hydrogens (tertiary/aromatic N) is 2. The van der Waals surface area contributed by atoms with E-state index in [0.717, 1.165) is 24.8 Å². The van der Waals surface area contributed by atoms with Crippen molar-refractivity contribution in [3.8, 4) is 0 Å². The Kier molecular flexibility index (Phi) is 7.96. The molecule has 122 valence electrons. The quantitative estimate of drug-likeness (QED) is 0.517. The van der Waals surface area contributed by atoms with Crippen LogP contribution in [0.15, 0.2) is 30.3 Å². The van der Waals surface area contributed by atoms with E-state index in [1.807, 2.05) is 30.3 Å². The monoisotopic (exact) mass is 308 g/mol. The molecule has 0 saturated carbocycles. The summed E-state index contributed by atoms with van der Waals surface area (Å²) in [5.74, 6) is 0. The molecule has 1 rings (SSSR count). The second kappa shape index (κ2) is 9.76. The zero-order valence-corrected chi connectivity index (χ0v) is 13.2. The summed E-state index contributed by atoms with van der Waals surface area (Å²) >= 11 is 0. The van der Waals surface area contributed by atoms with Crippen molar-refractivity contribution < 1.29 is 14.5 Å². The Morgan fingerprint density at radius 1 is 1.32 bits per heavy atom. The largest absolute Gasteiger partial charge is 0.445 e. The third kappa shape index (κ3) is 6.56. The second-order valence-corrected chi connectivity index (χ2v) is 5.29. The molecule has 0 radical (unpaired) electrons. The van der Waals surface area contributed by atoms with Gasteiger partial charge in [-0.15, -0.1) is 0 Å². The predicted octanol–water partition coefficient (Wildman–Crippen LogP) is 3.48. The van der Waals surface area contributed by atoms with Gasteiger partial charge in [0.25, 0.3) is 0 Å². The average Bonchev–Trinajstić information content (AvgIpc) is 2.53. The number of hydrogen-bond donors (Lipinski definition) is 0. The number of ether oxygens (including phenoxy) is 1. The lowest BCUT2D eigenvalue weighted by Crippen LogP contribution is -2.38. The van der Waals surface area contributed by atoms with E-state index >= 15 is 0 Å². The molecule has 0 aliphatic rings. The molecule has 22 heavy (non-hydrogen) atoms. The van der Waals surface area contributed by atoms with Crippen molar-refractivity contribution in [2.45, 2.75) is 45.3 Å². The van der Waals surface area contributed by atoms with Gasteiger partial charge in [0.15, 0.2) is 0 Å². The van der Waals surface area contributed by atoms with Crippen LogP contribution in [0.1, 0.15) is 38.2 Å². The van der Waals surface area contributed by atoms with E-state index < -0.39 is 6.09 Å². The van der Waals surface area contributed by atoms with Crippen LogP contribution < -0.4 is 0 Å². The minimum absolute atomic E-state index is 0.134. The van der Waals surface area contributed by atoms with Gasteiger partial charge in [0, 0.05) is 24.4 Å². The molecule has 0 fully saturated rings. The maximum atomic E-state index is 12.1. The topological polar surface area (TPSA) is 72.7 Å². The van der Waals surface area contributed by atoms with Crippen molar-refractivity contribution in [2.75, 3.05) is 13.6 Å². The van der Waals surface area contributed by atoms with Crippen LogP contribution in [0.5, 0.6) is 0 Å². The Hall–Kier alpha value is -2.11. The molecule has 0 saturated heterocycles. The van der Waals surface area contributed by atoms with Crippen molar-refractivity contribution in [1.82, 2.24) is 4.90 Å². The summed E-state index contributed by atoms with van der Waals surface area (Å²) in [5, 5.41) is 10.6. The number of benzene rings is 1. The smallest absolute Gasteiger partial charge is 0.410 e. The molecular weight excluding hydrogens is 284 g/mol. The SMILES string of the molecule is CCCCC(CC[N+](=O)[O-])N(C)C(=O)OCc1ccccc1. The Morgan fingerprint density at radius 3 is 2.59 bits per heavy atom. The van der Waals surface area contributed by atoms with Crippen LogP contribution in [-0.4, -0.2) is 35.6 Å². The first-order valence-electron chi connectivity index (χ1n) is 7.60. The van der Waals surface area contributed by atoms with Crippen LogP contribution in [0.25, 0.3) is 0 Å². The summed E-state index contributed by atoms with van der Waals surface area (Å²) in [5.41, 5.74) is 0.916. The standard InChI is InChI=1S/C16H24N2O4/c1-3-4-10-15(11-12-18(20)21)17(2)16(19)22-13-14-8-6-5-7-9-14/h5-9,15H,3-4,10-13H2,1-2H3. The van der Waals surface area contributed by atoms with Crippen molar-refractivity contribution in [3.05, 3.63) is 46.0 Å². The van der Waals surface area contributed by atoms with Crippen molar-refractivity contribution in [3.63, 3.8) is 0 Å². The summed E-state index contributed by atoms with van der Waals surface area (Å²) in [6.07, 6.45) is 2.58. The van der Waals surface area contributed by atoms with Crippen LogP contribution in [0.3, 0.4) is 0 Å². The van der Waals surface area contributed by atoms with Gasteiger partial charge in [-0.25, -0.2) is 4.79 Å². The molecular formula is C16H24N2O4. The number of hydrogen-bond acceptors (Lipinski definition) is 4. The predicted molar refractivity (Wildman–Crippen MR) is 84.2 cm³/mol. The number of rotatable bonds is 9. The number of carbonyl (C=O) groups is 1. The molecule has 0 spiro atoms. The first-order chi connectivity index (χ1) is 10.5. The lowest BCUT2D eigenvalue weighted by atomic mass is 10.1. The fraction of sp³-hybridized carbons (Fsp3) is 0.562. The Morgan fingerprint density at radius 2 is 2.00 bits per heavy atom. The number of nitro groups is 1. The highest BCUT2D eigenvalue weighted by Crippen LogP contribution is 2.13. The Labute approximate surface area is 131 Å². The van der Waals surface area contributed by atoms with Gasteiger partial charge in [-0.05, 0) is 12.0 Å². The van der Waals surface area contributed by atoms with E-state index in [4.69, 9.17) is 4.74 Å². The summed E-state index contributed by atoms with van der Waals surface area (Å²) in [6.45, 7) is 2.13. The van der Waals surface area contributed by atoms with Crippen molar-refractivity contribution >= 4 is 6.09 Å². The van der Waals surface area contributed by atoms with E-state index in [1.165, 1.54) is 4.90 Å². The minimum atomic E-state index is -0.437. The Balaban J connectivity index is 2.52. The minimum Gasteiger partial charge on any atom is -0.445 e. The molecule has 1 aromatic rings. The Bertz CT molecular complexity index is 464. The van der Waals surface area contributed by atoms with Gasteiger partial charge in [0.1, 0.15) is 6.61 Å². The molecule has 6 nitrogen and oxygen atoms in total. The van der Waals surface area contributed by atoms with E-state index in [1.54, 1.807) is 7.05 Å². The van der Waals surface area contributed by atoms with Gasteiger partial charge in [0.05, 0.1) is 0 Å². The summed E-state index contributed by atoms with van der Waals surface area (Å²) in [6, 6.07) is 9.27. The molecule has 0 bridgehead atoms. The fourth-order valence-electron chi connectivity index (χ4n) is 2.20. The number of unbranched alkanes of at least 4 members (excludes halogenated alkanes) is 1. The van der Waals surface area contributed by atoms with E-state index in [2.05, 4.69) is 6.92 Å². The summed E-state index contributed by atoms with van der Waals surface area (Å²) in [7, 11) is 1.65. The average molecular weight is 308 g/mol. The van der Waals surface area contributed by atoms with Gasteiger partial charge in [-0.3, -0.25) is 10.1 Å². The molecule has 6 heteroatoms. The molecule has 1 amide bonds. The lowest BCUT2D eigenvalue weighted by molar-refractivity contribution is -0.481. The first-order valence-corrected chi connectivity index (χ1v) is 7.60. The van der Waals surface area contributed by atoms with Gasteiger partial charge in [-0.2, -0.15) is 0 Å². The highest BCUT2D eigenvalue weighted by Gasteiger charge is 2.22. The molecule has 0 aromatic heterocycles. The van der Waals surface area contributed by atoms with Crippen LogP contribution in [0.4, 0.5) is 4.79 Å². The highest BCUT2D eigenvalue weighted by molar-refractivity contribution is 5.67. The highest BCUT2D eigenvalue weighted by atomic mass is 16.6. The van der Waals surface area contributed by atoms with Gasteiger partial charge in [0.2, 0.25) is 6.54 Å². The van der Waals surface area contributed by atoms with Crippen LogP contribution in [0, 0.1) is 10.1 Å². The fourth-order valence-corrected chi connectivity index (χ4v) is 2.20. The second-order valence-electron chi connectivity index (χ2n) is 5.29. The molecule has 0 heterocycles. The molecule has 0 aliphatic heterocycles. The molecule has 0 N–H and O–H groups in total. The maximum Gasteiger partial charge on any atom is 0.410 e. The van der Waals surface area contributed by atoms with Gasteiger partial charge < -0.3 is 9.64 Å². The summed E-state index contributed by atoms with van der Waals surface area (Å²) in [4.78, 5) is 23.8. The van der Waals surface area contributed by atoms with E-state index in [-0.39, 0.29) is 24.1 Å². The zero-order chi connectivity index (χ0) is 16.4. The molecule has 1 atom stereocenters. The van der Waals surface area contributed by atoms with Crippen molar-refractivity contribution in [2.24, 2.45) is 0 Å². The van der Waals surface area contributed by atoms with Gasteiger partial charge in [-0.1, -0.05) is 50.1 Å². The third-order valence-corrected chi connectivity index (χ3v) is 3.58. The third-order valence-electron chi connectivity index (χ3n) is 3.58. The number of carbonyl (C=O) groups excluding carboxylic acids is 1. The molecule has 1 aromatic carbocycles. The summed E-state index contributed by atoms with van der Waals surface area (Å²) < 4.78 is 5.27. The van der Waals surface area contributed by atoms with E-state index in [0.29, 0.717) is 6.42 Å². The molecule has 0 aliphatic carbocycles. The van der Waals surface area contributed by atoms with E-state index in [9.17, 15) is 14.9 Å². The maximum absolute atomic E-state index is 12.1. The van der Waals surface area contributed by atoms with Crippen LogP contribution in [-0.2, 0) is 11.3 Å². The van der Waals surface area contributed by atoms with Gasteiger partial charge >= 0.3 is 6.09 Å². The first kappa shape index (κ1) is 17.9. The normalized spacial score (nSPS) is 11.7. The zero-order valence-electron chi connectivity index (χ0n) is 13.2. The lowest BCUT2D eigenvalue weighted by Gasteiger charge is -2.26.